The first-order valence-corrected chi connectivity index (χ1v) is 7.10. The molecule has 0 aliphatic rings. The molecule has 1 N–H and O–H groups in total. The number of aryl methyl sites for hydroxylation is 2. The van der Waals surface area contributed by atoms with Crippen LogP contribution >= 0.6 is 22.6 Å². The molecule has 0 aromatic carbocycles. The number of hydrogen-bond donors (Lipinski definition) is 1. The molecule has 0 fully saturated rings. The number of halogens is 1. The van der Waals surface area contributed by atoms with Gasteiger partial charge in [-0.15, -0.1) is 0 Å². The van der Waals surface area contributed by atoms with Crippen molar-refractivity contribution in [2.75, 3.05) is 12.4 Å². The van der Waals surface area contributed by atoms with Gasteiger partial charge in [-0.2, -0.15) is 0 Å². The highest BCUT2D eigenvalue weighted by Crippen LogP contribution is 2.25. The van der Waals surface area contributed by atoms with Crippen molar-refractivity contribution < 1.29 is 4.42 Å². The van der Waals surface area contributed by atoms with Crippen LogP contribution in [-0.4, -0.2) is 17.0 Å². The van der Waals surface area contributed by atoms with Gasteiger partial charge in [0, 0.05) is 13.5 Å². The largest absolute Gasteiger partial charge is 0.458 e. The Morgan fingerprint density at radius 2 is 2.00 bits per heavy atom. The van der Waals surface area contributed by atoms with E-state index in [2.05, 4.69) is 51.7 Å². The zero-order valence-corrected chi connectivity index (χ0v) is 12.9. The predicted octanol–water partition coefficient (Wildman–Crippen LogP) is 3.51. The maximum absolute atomic E-state index is 5.70. The Balaban J connectivity index is 2.50. The van der Waals surface area contributed by atoms with Crippen LogP contribution < -0.4 is 5.32 Å². The van der Waals surface area contributed by atoms with Crippen molar-refractivity contribution >= 4 is 28.4 Å². The molecule has 0 radical (unpaired) electrons. The molecule has 0 aliphatic heterocycles. The molecule has 0 atom stereocenters. The third-order valence-electron chi connectivity index (χ3n) is 2.72. The van der Waals surface area contributed by atoms with E-state index in [-0.39, 0.29) is 0 Å². The molecular formula is C13H16IN3O. The molecule has 18 heavy (non-hydrogen) atoms. The quantitative estimate of drug-likeness (QED) is 0.851. The molecule has 2 aromatic heterocycles. The third kappa shape index (κ3) is 2.50. The van der Waals surface area contributed by atoms with E-state index in [1.807, 2.05) is 19.2 Å². The van der Waals surface area contributed by atoms with Gasteiger partial charge in [0.05, 0.1) is 9.26 Å². The Morgan fingerprint density at radius 1 is 1.22 bits per heavy atom. The molecule has 0 spiro atoms. The fourth-order valence-corrected chi connectivity index (χ4v) is 2.58. The van der Waals surface area contributed by atoms with E-state index in [1.165, 1.54) is 0 Å². The highest BCUT2D eigenvalue weighted by molar-refractivity contribution is 14.1. The molecule has 2 rings (SSSR count). The van der Waals surface area contributed by atoms with E-state index in [1.54, 1.807) is 0 Å². The molecule has 4 nitrogen and oxygen atoms in total. The summed E-state index contributed by atoms with van der Waals surface area (Å²) in [5.41, 5.74) is 1.04. The topological polar surface area (TPSA) is 51.0 Å². The minimum atomic E-state index is 0.649. The van der Waals surface area contributed by atoms with E-state index in [9.17, 15) is 0 Å². The number of nitrogens with zero attached hydrogens (tertiary/aromatic N) is 2. The Hall–Kier alpha value is -1.11. The fraction of sp³-hybridized carbons (Fsp3) is 0.385. The Bertz CT molecular complexity index is 526. The van der Waals surface area contributed by atoms with E-state index in [0.717, 1.165) is 39.4 Å². The molecule has 5 heteroatoms. The van der Waals surface area contributed by atoms with Crippen LogP contribution in [0.4, 0.5) is 5.82 Å². The number of hydrogen-bond acceptors (Lipinski definition) is 4. The third-order valence-corrected chi connectivity index (χ3v) is 3.86. The molecule has 0 amide bonds. The summed E-state index contributed by atoms with van der Waals surface area (Å²) < 4.78 is 6.78. The van der Waals surface area contributed by atoms with Crippen molar-refractivity contribution in [1.29, 1.82) is 0 Å². The van der Waals surface area contributed by atoms with Crippen LogP contribution in [0.3, 0.4) is 0 Å². The summed E-state index contributed by atoms with van der Waals surface area (Å²) in [7, 11) is 1.87. The van der Waals surface area contributed by atoms with Gasteiger partial charge in [-0.05, 0) is 41.1 Å². The van der Waals surface area contributed by atoms with Crippen LogP contribution in [0.5, 0.6) is 0 Å². The minimum absolute atomic E-state index is 0.649. The maximum Gasteiger partial charge on any atom is 0.197 e. The van der Waals surface area contributed by atoms with Gasteiger partial charge in [0.2, 0.25) is 0 Å². The average molecular weight is 357 g/mol. The second-order valence-electron chi connectivity index (χ2n) is 3.88. The molecule has 96 valence electrons. The van der Waals surface area contributed by atoms with Gasteiger partial charge >= 0.3 is 0 Å². The van der Waals surface area contributed by atoms with Crippen molar-refractivity contribution in [2.45, 2.75) is 26.7 Å². The monoisotopic (exact) mass is 357 g/mol. The predicted molar refractivity (Wildman–Crippen MR) is 80.8 cm³/mol. The van der Waals surface area contributed by atoms with E-state index in [4.69, 9.17) is 4.42 Å². The van der Waals surface area contributed by atoms with E-state index < -0.39 is 0 Å². The molecule has 0 unspecified atom stereocenters. The average Bonchev–Trinajstić information content (AvgIpc) is 2.88. The summed E-state index contributed by atoms with van der Waals surface area (Å²) in [5, 5.41) is 3.10. The molecular weight excluding hydrogens is 341 g/mol. The molecule has 0 saturated heterocycles. The van der Waals surface area contributed by atoms with Gasteiger partial charge in [-0.1, -0.05) is 13.8 Å². The van der Waals surface area contributed by atoms with Crippen LogP contribution in [0.2, 0.25) is 0 Å². The first-order valence-electron chi connectivity index (χ1n) is 6.02. The van der Waals surface area contributed by atoms with Crippen molar-refractivity contribution in [3.63, 3.8) is 0 Å². The number of nitrogens with one attached hydrogen (secondary N) is 1. The number of aromatic nitrogens is 2. The van der Waals surface area contributed by atoms with Gasteiger partial charge in [-0.25, -0.2) is 9.97 Å². The number of anilines is 1. The van der Waals surface area contributed by atoms with E-state index >= 15 is 0 Å². The fourth-order valence-electron chi connectivity index (χ4n) is 1.69. The SMILES string of the molecule is CCc1ccc(-c2nc(CC)c(I)c(NC)n2)o1. The van der Waals surface area contributed by atoms with Crippen molar-refractivity contribution in [1.82, 2.24) is 9.97 Å². The summed E-state index contributed by atoms with van der Waals surface area (Å²) in [5.74, 6) is 3.19. The molecule has 2 heterocycles. The summed E-state index contributed by atoms with van der Waals surface area (Å²) in [6.07, 6.45) is 1.76. The molecule has 0 saturated carbocycles. The van der Waals surface area contributed by atoms with Gasteiger partial charge in [0.1, 0.15) is 11.6 Å². The summed E-state index contributed by atoms with van der Waals surface area (Å²) >= 11 is 2.27. The zero-order chi connectivity index (χ0) is 13.1. The van der Waals surface area contributed by atoms with Crippen molar-refractivity contribution in [3.05, 3.63) is 27.2 Å². The van der Waals surface area contributed by atoms with E-state index in [0.29, 0.717) is 5.82 Å². The van der Waals surface area contributed by atoms with Gasteiger partial charge < -0.3 is 9.73 Å². The molecule has 0 bridgehead atoms. The standard InChI is InChI=1S/C13H16IN3O/c1-4-8-6-7-10(18-8)12-16-9(5-2)11(14)13(15-3)17-12/h6-7H,4-5H2,1-3H3,(H,15,16,17). The first kappa shape index (κ1) is 13.3. The van der Waals surface area contributed by atoms with Gasteiger partial charge in [-0.3, -0.25) is 0 Å². The normalized spacial score (nSPS) is 10.7. The summed E-state index contributed by atoms with van der Waals surface area (Å²) in [6.45, 7) is 4.15. The van der Waals surface area contributed by atoms with Crippen molar-refractivity contribution in [3.8, 4) is 11.6 Å². The first-order chi connectivity index (χ1) is 8.69. The van der Waals surface area contributed by atoms with Crippen LogP contribution in [0.1, 0.15) is 25.3 Å². The van der Waals surface area contributed by atoms with Gasteiger partial charge in [0.25, 0.3) is 0 Å². The lowest BCUT2D eigenvalue weighted by Crippen LogP contribution is -2.04. The highest BCUT2D eigenvalue weighted by Gasteiger charge is 2.13. The molecule has 2 aromatic rings. The lowest BCUT2D eigenvalue weighted by molar-refractivity contribution is 0.525. The zero-order valence-electron chi connectivity index (χ0n) is 10.7. The summed E-state index contributed by atoms with van der Waals surface area (Å²) in [4.78, 5) is 9.06. The molecule has 0 aliphatic carbocycles. The van der Waals surface area contributed by atoms with Crippen molar-refractivity contribution in [2.24, 2.45) is 0 Å². The van der Waals surface area contributed by atoms with Crippen LogP contribution in [0, 0.1) is 3.57 Å². The summed E-state index contributed by atoms with van der Waals surface area (Å²) in [6, 6.07) is 3.90. The smallest absolute Gasteiger partial charge is 0.197 e. The number of furan rings is 1. The maximum atomic E-state index is 5.70. The number of rotatable bonds is 4. The van der Waals surface area contributed by atoms with Crippen LogP contribution in [-0.2, 0) is 12.8 Å². The second-order valence-corrected chi connectivity index (χ2v) is 4.96. The lowest BCUT2D eigenvalue weighted by atomic mass is 10.3. The Labute approximate surface area is 120 Å². The lowest BCUT2D eigenvalue weighted by Gasteiger charge is -2.08. The Morgan fingerprint density at radius 3 is 2.56 bits per heavy atom. The second kappa shape index (κ2) is 5.69. The van der Waals surface area contributed by atoms with Crippen LogP contribution in [0.15, 0.2) is 16.5 Å². The van der Waals surface area contributed by atoms with Crippen LogP contribution in [0.25, 0.3) is 11.6 Å². The Kier molecular flexibility index (Phi) is 4.21. The minimum Gasteiger partial charge on any atom is -0.458 e. The van der Waals surface area contributed by atoms with Gasteiger partial charge in [0.15, 0.2) is 11.6 Å². The highest BCUT2D eigenvalue weighted by atomic mass is 127.